The highest BCUT2D eigenvalue weighted by molar-refractivity contribution is 9.10. The quantitative estimate of drug-likeness (QED) is 0.293. The second-order valence-electron chi connectivity index (χ2n) is 6.57. The largest absolute Gasteiger partial charge is 0.493 e. The van der Waals surface area contributed by atoms with Crippen molar-refractivity contribution in [2.24, 2.45) is 0 Å². The summed E-state index contributed by atoms with van der Waals surface area (Å²) in [6, 6.07) is 17.8. The van der Waals surface area contributed by atoms with Gasteiger partial charge in [0, 0.05) is 15.2 Å². The molecule has 1 N–H and O–H groups in total. The van der Waals surface area contributed by atoms with Gasteiger partial charge in [0.2, 0.25) is 0 Å². The molecule has 3 aromatic rings. The molecule has 0 aromatic heterocycles. The standard InChI is InChI=1S/C24H17BrClFN2O3/c1-31-22-10-16(9-17(13-28)24(30)29-20-4-2-3-18(26)11-20)21(25)12-23(22)32-14-15-5-7-19(27)8-6-15/h2-12H,14H2,1H3,(H,29,30). The first kappa shape index (κ1) is 23.3. The molecule has 8 heteroatoms. The predicted molar refractivity (Wildman–Crippen MR) is 125 cm³/mol. The van der Waals surface area contributed by atoms with Gasteiger partial charge in [-0.05, 0) is 59.7 Å². The number of hydrogen-bond donors (Lipinski definition) is 1. The number of carbonyl (C=O) groups is 1. The number of nitriles is 1. The zero-order valence-corrected chi connectivity index (χ0v) is 19.2. The van der Waals surface area contributed by atoms with Crippen LogP contribution in [0.15, 0.2) is 70.7 Å². The summed E-state index contributed by atoms with van der Waals surface area (Å²) in [5, 5.41) is 12.6. The lowest BCUT2D eigenvalue weighted by atomic mass is 10.1. The van der Waals surface area contributed by atoms with Gasteiger partial charge in [0.25, 0.3) is 5.91 Å². The number of carbonyl (C=O) groups excluding carboxylic acids is 1. The Morgan fingerprint density at radius 1 is 1.19 bits per heavy atom. The Labute approximate surface area is 198 Å². The van der Waals surface area contributed by atoms with Crippen molar-refractivity contribution in [1.82, 2.24) is 0 Å². The van der Waals surface area contributed by atoms with Crippen molar-refractivity contribution >= 4 is 45.2 Å². The highest BCUT2D eigenvalue weighted by atomic mass is 79.9. The SMILES string of the molecule is COc1cc(C=C(C#N)C(=O)Nc2cccc(Cl)c2)c(Br)cc1OCc1ccc(F)cc1. The summed E-state index contributed by atoms with van der Waals surface area (Å²) in [7, 11) is 1.48. The van der Waals surface area contributed by atoms with Crippen LogP contribution in [0.4, 0.5) is 10.1 Å². The van der Waals surface area contributed by atoms with Crippen molar-refractivity contribution in [3.05, 3.63) is 92.7 Å². The Balaban J connectivity index is 1.81. The van der Waals surface area contributed by atoms with E-state index in [-0.39, 0.29) is 18.0 Å². The monoisotopic (exact) mass is 514 g/mol. The van der Waals surface area contributed by atoms with Gasteiger partial charge < -0.3 is 14.8 Å². The van der Waals surface area contributed by atoms with Gasteiger partial charge in [-0.15, -0.1) is 0 Å². The number of methoxy groups -OCH3 is 1. The third-order valence-electron chi connectivity index (χ3n) is 4.34. The molecule has 0 bridgehead atoms. The number of anilines is 1. The third kappa shape index (κ3) is 6.10. The fraction of sp³-hybridized carbons (Fsp3) is 0.0833. The minimum Gasteiger partial charge on any atom is -0.493 e. The van der Waals surface area contributed by atoms with E-state index in [1.54, 1.807) is 48.5 Å². The maximum Gasteiger partial charge on any atom is 0.266 e. The van der Waals surface area contributed by atoms with Crippen LogP contribution < -0.4 is 14.8 Å². The molecular formula is C24H17BrClFN2O3. The Hall–Kier alpha value is -3.34. The minimum absolute atomic E-state index is 0.104. The van der Waals surface area contributed by atoms with Crippen LogP contribution in [-0.4, -0.2) is 13.0 Å². The molecule has 0 radical (unpaired) electrons. The maximum atomic E-state index is 13.1. The normalized spacial score (nSPS) is 10.9. The van der Waals surface area contributed by atoms with E-state index in [9.17, 15) is 14.4 Å². The van der Waals surface area contributed by atoms with Crippen molar-refractivity contribution in [1.29, 1.82) is 5.26 Å². The Morgan fingerprint density at radius 2 is 1.94 bits per heavy atom. The number of halogens is 3. The molecule has 1 amide bonds. The zero-order chi connectivity index (χ0) is 23.1. The van der Waals surface area contributed by atoms with Gasteiger partial charge in [0.05, 0.1) is 7.11 Å². The Kier molecular flexibility index (Phi) is 7.87. The van der Waals surface area contributed by atoms with Crippen LogP contribution in [0.5, 0.6) is 11.5 Å². The van der Waals surface area contributed by atoms with Gasteiger partial charge in [-0.25, -0.2) is 4.39 Å². The number of nitrogens with zero attached hydrogens (tertiary/aromatic N) is 1. The molecule has 0 unspecified atom stereocenters. The van der Waals surface area contributed by atoms with E-state index in [1.165, 1.54) is 25.3 Å². The lowest BCUT2D eigenvalue weighted by Crippen LogP contribution is -2.13. The van der Waals surface area contributed by atoms with E-state index in [0.29, 0.717) is 32.2 Å². The van der Waals surface area contributed by atoms with Crippen LogP contribution >= 0.6 is 27.5 Å². The number of hydrogen-bond acceptors (Lipinski definition) is 4. The third-order valence-corrected chi connectivity index (χ3v) is 5.26. The molecule has 32 heavy (non-hydrogen) atoms. The fourth-order valence-corrected chi connectivity index (χ4v) is 3.37. The summed E-state index contributed by atoms with van der Waals surface area (Å²) in [4.78, 5) is 12.5. The average molecular weight is 516 g/mol. The van der Waals surface area contributed by atoms with Gasteiger partial charge in [-0.3, -0.25) is 4.79 Å². The predicted octanol–water partition coefficient (Wildman–Crippen LogP) is 6.37. The molecule has 0 heterocycles. The summed E-state index contributed by atoms with van der Waals surface area (Å²) in [5.74, 6) is -0.0352. The Bertz CT molecular complexity index is 1210. The molecule has 162 valence electrons. The van der Waals surface area contributed by atoms with E-state index >= 15 is 0 Å². The first-order valence-electron chi connectivity index (χ1n) is 9.33. The lowest BCUT2D eigenvalue weighted by Gasteiger charge is -2.13. The summed E-state index contributed by atoms with van der Waals surface area (Å²) in [6.07, 6.45) is 1.44. The van der Waals surface area contributed by atoms with Gasteiger partial charge in [-0.1, -0.05) is 45.7 Å². The smallest absolute Gasteiger partial charge is 0.266 e. The first-order valence-corrected chi connectivity index (χ1v) is 10.5. The van der Waals surface area contributed by atoms with Gasteiger partial charge >= 0.3 is 0 Å². The van der Waals surface area contributed by atoms with Crippen molar-refractivity contribution < 1.29 is 18.7 Å². The number of nitrogens with one attached hydrogen (secondary N) is 1. The van der Waals surface area contributed by atoms with Crippen LogP contribution in [0.2, 0.25) is 5.02 Å². The van der Waals surface area contributed by atoms with E-state index < -0.39 is 5.91 Å². The molecule has 0 spiro atoms. The van der Waals surface area contributed by atoms with E-state index in [2.05, 4.69) is 21.2 Å². The number of rotatable bonds is 7. The number of amides is 1. The van der Waals surface area contributed by atoms with Crippen molar-refractivity contribution in [2.45, 2.75) is 6.61 Å². The van der Waals surface area contributed by atoms with Gasteiger partial charge in [0.1, 0.15) is 24.1 Å². The molecule has 0 saturated carbocycles. The molecule has 0 atom stereocenters. The highest BCUT2D eigenvalue weighted by Gasteiger charge is 2.14. The van der Waals surface area contributed by atoms with Gasteiger partial charge in [-0.2, -0.15) is 5.26 Å². The van der Waals surface area contributed by atoms with E-state index in [1.807, 2.05) is 6.07 Å². The van der Waals surface area contributed by atoms with E-state index in [0.717, 1.165) is 5.56 Å². The summed E-state index contributed by atoms with van der Waals surface area (Å²) in [5.41, 5.74) is 1.71. The molecular weight excluding hydrogens is 499 g/mol. The molecule has 0 aliphatic carbocycles. The van der Waals surface area contributed by atoms with E-state index in [4.69, 9.17) is 21.1 Å². The lowest BCUT2D eigenvalue weighted by molar-refractivity contribution is -0.112. The second kappa shape index (κ2) is 10.8. The Morgan fingerprint density at radius 3 is 2.59 bits per heavy atom. The van der Waals surface area contributed by atoms with Crippen molar-refractivity contribution in [2.75, 3.05) is 12.4 Å². The average Bonchev–Trinajstić information content (AvgIpc) is 2.78. The fourth-order valence-electron chi connectivity index (χ4n) is 2.74. The van der Waals surface area contributed by atoms with Crippen LogP contribution in [0.25, 0.3) is 6.08 Å². The summed E-state index contributed by atoms with van der Waals surface area (Å²) in [6.45, 7) is 0.212. The van der Waals surface area contributed by atoms with Crippen LogP contribution in [-0.2, 0) is 11.4 Å². The molecule has 3 aromatic carbocycles. The molecule has 3 rings (SSSR count). The highest BCUT2D eigenvalue weighted by Crippen LogP contribution is 2.35. The zero-order valence-electron chi connectivity index (χ0n) is 16.9. The van der Waals surface area contributed by atoms with Crippen molar-refractivity contribution in [3.8, 4) is 17.6 Å². The van der Waals surface area contributed by atoms with Crippen LogP contribution in [0, 0.1) is 17.1 Å². The number of benzene rings is 3. The summed E-state index contributed by atoms with van der Waals surface area (Å²) >= 11 is 9.37. The van der Waals surface area contributed by atoms with Gasteiger partial charge in [0.15, 0.2) is 11.5 Å². The summed E-state index contributed by atoms with van der Waals surface area (Å²) < 4.78 is 24.9. The minimum atomic E-state index is -0.572. The van der Waals surface area contributed by atoms with Crippen LogP contribution in [0.1, 0.15) is 11.1 Å². The molecule has 0 saturated heterocycles. The molecule has 5 nitrogen and oxygen atoms in total. The molecule has 0 aliphatic heterocycles. The number of ether oxygens (including phenoxy) is 2. The maximum absolute atomic E-state index is 13.1. The second-order valence-corrected chi connectivity index (χ2v) is 7.86. The topological polar surface area (TPSA) is 71.3 Å². The first-order chi connectivity index (χ1) is 15.4. The van der Waals surface area contributed by atoms with Crippen LogP contribution in [0.3, 0.4) is 0 Å². The van der Waals surface area contributed by atoms with Crippen molar-refractivity contribution in [3.63, 3.8) is 0 Å². The molecule has 0 fully saturated rings. The molecule has 0 aliphatic rings.